The number of hydrogen-bond donors (Lipinski definition) is 2. The van der Waals surface area contributed by atoms with Gasteiger partial charge in [0.25, 0.3) is 5.69 Å². The number of phenols is 1. The van der Waals surface area contributed by atoms with E-state index < -0.39 is 4.92 Å². The van der Waals surface area contributed by atoms with Gasteiger partial charge in [0.1, 0.15) is 5.75 Å². The fraction of sp³-hybridized carbons (Fsp3) is 0.500. The summed E-state index contributed by atoms with van der Waals surface area (Å²) in [7, 11) is 0. The normalized spacial score (nSPS) is 27.5. The fourth-order valence-electron chi connectivity index (χ4n) is 3.53. The number of aromatic hydroxyl groups is 1. The molecule has 0 aromatic heterocycles. The monoisotopic (exact) mass is 276 g/mol. The van der Waals surface area contributed by atoms with Crippen molar-refractivity contribution < 1.29 is 14.8 Å². The maximum absolute atomic E-state index is 12.2. The highest BCUT2D eigenvalue weighted by molar-refractivity contribution is 5.94. The van der Waals surface area contributed by atoms with E-state index in [1.807, 2.05) is 0 Å². The summed E-state index contributed by atoms with van der Waals surface area (Å²) in [4.78, 5) is 22.4. The van der Waals surface area contributed by atoms with Crippen LogP contribution in [-0.2, 0) is 4.79 Å². The van der Waals surface area contributed by atoms with Crippen LogP contribution in [0.3, 0.4) is 0 Å². The lowest BCUT2D eigenvalue weighted by atomic mass is 9.88. The molecule has 20 heavy (non-hydrogen) atoms. The number of non-ortho nitro benzene ring substituents is 1. The molecule has 2 fully saturated rings. The van der Waals surface area contributed by atoms with E-state index in [9.17, 15) is 20.0 Å². The van der Waals surface area contributed by atoms with Gasteiger partial charge < -0.3 is 10.4 Å². The number of rotatable bonds is 3. The van der Waals surface area contributed by atoms with Gasteiger partial charge in [-0.25, -0.2) is 0 Å². The number of nitrogens with one attached hydrogen (secondary N) is 1. The molecule has 106 valence electrons. The van der Waals surface area contributed by atoms with Gasteiger partial charge in [0.15, 0.2) is 0 Å². The summed E-state index contributed by atoms with van der Waals surface area (Å²) in [6.45, 7) is 0. The largest absolute Gasteiger partial charge is 0.506 e. The first-order valence-corrected chi connectivity index (χ1v) is 6.83. The molecule has 1 aromatic carbocycles. The summed E-state index contributed by atoms with van der Waals surface area (Å²) < 4.78 is 0. The molecule has 2 aliphatic carbocycles. The van der Waals surface area contributed by atoms with Gasteiger partial charge in [-0.3, -0.25) is 14.9 Å². The molecule has 0 heterocycles. The van der Waals surface area contributed by atoms with E-state index in [0.29, 0.717) is 11.8 Å². The molecule has 0 radical (unpaired) electrons. The van der Waals surface area contributed by atoms with Gasteiger partial charge in [-0.2, -0.15) is 0 Å². The van der Waals surface area contributed by atoms with Gasteiger partial charge in [0.2, 0.25) is 5.91 Å². The standard InChI is InChI=1S/C14H16N2O4/c17-13-4-3-10(16(19)20)7-12(13)15-14(18)11-6-8-1-2-9(11)5-8/h3-4,7-9,11,17H,1-2,5-6H2,(H,15,18). The highest BCUT2D eigenvalue weighted by Gasteiger charge is 2.43. The molecule has 2 bridgehead atoms. The van der Waals surface area contributed by atoms with E-state index >= 15 is 0 Å². The number of carbonyl (C=O) groups is 1. The Labute approximate surface area is 115 Å². The van der Waals surface area contributed by atoms with Gasteiger partial charge in [-0.15, -0.1) is 0 Å². The number of nitro groups is 1. The van der Waals surface area contributed by atoms with Crippen LogP contribution in [-0.4, -0.2) is 15.9 Å². The minimum atomic E-state index is -0.549. The van der Waals surface area contributed by atoms with E-state index in [1.165, 1.54) is 24.6 Å². The maximum Gasteiger partial charge on any atom is 0.271 e. The Morgan fingerprint density at radius 1 is 1.35 bits per heavy atom. The summed E-state index contributed by atoms with van der Waals surface area (Å²) >= 11 is 0. The Hall–Kier alpha value is -2.11. The van der Waals surface area contributed by atoms with Crippen LogP contribution < -0.4 is 5.32 Å². The lowest BCUT2D eigenvalue weighted by molar-refractivity contribution is -0.384. The third kappa shape index (κ3) is 2.21. The van der Waals surface area contributed by atoms with Gasteiger partial charge >= 0.3 is 0 Å². The molecular formula is C14H16N2O4. The molecule has 1 amide bonds. The summed E-state index contributed by atoms with van der Waals surface area (Å²) in [5.74, 6) is 0.780. The summed E-state index contributed by atoms with van der Waals surface area (Å²) in [5.41, 5.74) is -0.0296. The van der Waals surface area contributed by atoms with Crippen LogP contribution in [0.15, 0.2) is 18.2 Å². The van der Waals surface area contributed by atoms with Crippen molar-refractivity contribution in [3.63, 3.8) is 0 Å². The van der Waals surface area contributed by atoms with Crippen LogP contribution in [0.4, 0.5) is 11.4 Å². The zero-order valence-electron chi connectivity index (χ0n) is 10.9. The molecule has 3 atom stereocenters. The zero-order valence-corrected chi connectivity index (χ0v) is 10.9. The van der Waals surface area contributed by atoms with Crippen LogP contribution >= 0.6 is 0 Å². The predicted octanol–water partition coefficient (Wildman–Crippen LogP) is 2.68. The van der Waals surface area contributed by atoms with Crippen LogP contribution in [0.1, 0.15) is 25.7 Å². The fourth-order valence-corrected chi connectivity index (χ4v) is 3.53. The number of carbonyl (C=O) groups excluding carboxylic acids is 1. The number of benzene rings is 1. The highest BCUT2D eigenvalue weighted by Crippen LogP contribution is 2.48. The summed E-state index contributed by atoms with van der Waals surface area (Å²) in [5, 5.41) is 23.1. The van der Waals surface area contributed by atoms with E-state index in [4.69, 9.17) is 0 Å². The Bertz CT molecular complexity index is 572. The highest BCUT2D eigenvalue weighted by atomic mass is 16.6. The van der Waals surface area contributed by atoms with Gasteiger partial charge in [-0.05, 0) is 37.2 Å². The quantitative estimate of drug-likeness (QED) is 0.504. The molecule has 2 aliphatic rings. The summed E-state index contributed by atoms with van der Waals surface area (Å²) in [6.07, 6.45) is 4.30. The molecule has 0 saturated heterocycles. The molecule has 6 nitrogen and oxygen atoms in total. The Balaban J connectivity index is 1.75. The van der Waals surface area contributed by atoms with E-state index in [1.54, 1.807) is 0 Å². The Morgan fingerprint density at radius 3 is 2.75 bits per heavy atom. The predicted molar refractivity (Wildman–Crippen MR) is 72.3 cm³/mol. The van der Waals surface area contributed by atoms with Crippen LogP contribution in [0.25, 0.3) is 0 Å². The lowest BCUT2D eigenvalue weighted by Crippen LogP contribution is -2.27. The van der Waals surface area contributed by atoms with Crippen LogP contribution in [0, 0.1) is 27.9 Å². The van der Waals surface area contributed by atoms with Crippen molar-refractivity contribution >= 4 is 17.3 Å². The average Bonchev–Trinajstić information content (AvgIpc) is 3.03. The SMILES string of the molecule is O=C(Nc1cc([N+](=O)[O-])ccc1O)C1CC2CCC1C2. The summed E-state index contributed by atoms with van der Waals surface area (Å²) in [6, 6.07) is 3.64. The van der Waals surface area contributed by atoms with Gasteiger partial charge in [-0.1, -0.05) is 6.42 Å². The molecule has 0 aliphatic heterocycles. The number of hydrogen-bond acceptors (Lipinski definition) is 4. The van der Waals surface area contributed by atoms with Crippen molar-refractivity contribution in [1.82, 2.24) is 0 Å². The third-order valence-electron chi connectivity index (χ3n) is 4.52. The molecule has 2 saturated carbocycles. The van der Waals surface area contributed by atoms with E-state index in [0.717, 1.165) is 19.3 Å². The average molecular weight is 276 g/mol. The topological polar surface area (TPSA) is 92.5 Å². The van der Waals surface area contributed by atoms with Crippen LogP contribution in [0.2, 0.25) is 0 Å². The maximum atomic E-state index is 12.2. The van der Waals surface area contributed by atoms with Crippen molar-refractivity contribution in [2.24, 2.45) is 17.8 Å². The first-order chi connectivity index (χ1) is 9.54. The first-order valence-electron chi connectivity index (χ1n) is 6.83. The van der Waals surface area contributed by atoms with Crippen molar-refractivity contribution in [1.29, 1.82) is 0 Å². The molecule has 2 N–H and O–H groups in total. The smallest absolute Gasteiger partial charge is 0.271 e. The molecule has 3 unspecified atom stereocenters. The molecule has 6 heteroatoms. The number of nitro benzene ring substituents is 1. The van der Waals surface area contributed by atoms with Crippen molar-refractivity contribution in [3.8, 4) is 5.75 Å². The van der Waals surface area contributed by atoms with Gasteiger partial charge in [0, 0.05) is 18.1 Å². The Kier molecular flexibility index (Phi) is 3.08. The molecule has 3 rings (SSSR count). The second kappa shape index (κ2) is 4.77. The first kappa shape index (κ1) is 12.9. The number of amides is 1. The van der Waals surface area contributed by atoms with Crippen molar-refractivity contribution in [3.05, 3.63) is 28.3 Å². The number of anilines is 1. The molecule has 0 spiro atoms. The number of nitrogens with zero attached hydrogens (tertiary/aromatic N) is 1. The van der Waals surface area contributed by atoms with Crippen molar-refractivity contribution in [2.75, 3.05) is 5.32 Å². The zero-order chi connectivity index (χ0) is 14.3. The number of phenolic OH excluding ortho intramolecular Hbond substituents is 1. The molecule has 1 aromatic rings. The van der Waals surface area contributed by atoms with Gasteiger partial charge in [0.05, 0.1) is 10.6 Å². The van der Waals surface area contributed by atoms with E-state index in [2.05, 4.69) is 5.32 Å². The minimum Gasteiger partial charge on any atom is -0.506 e. The Morgan fingerprint density at radius 2 is 2.15 bits per heavy atom. The van der Waals surface area contributed by atoms with Crippen molar-refractivity contribution in [2.45, 2.75) is 25.7 Å². The van der Waals surface area contributed by atoms with Crippen LogP contribution in [0.5, 0.6) is 5.75 Å². The minimum absolute atomic E-state index is 0.0209. The number of fused-ring (bicyclic) bond motifs is 2. The van der Waals surface area contributed by atoms with E-state index in [-0.39, 0.29) is 28.9 Å². The lowest BCUT2D eigenvalue weighted by Gasteiger charge is -2.20. The second-order valence-electron chi connectivity index (χ2n) is 5.73. The third-order valence-corrected chi connectivity index (χ3v) is 4.52. The second-order valence-corrected chi connectivity index (χ2v) is 5.73. The molecular weight excluding hydrogens is 260 g/mol.